The van der Waals surface area contributed by atoms with E-state index in [-0.39, 0.29) is 24.4 Å². The summed E-state index contributed by atoms with van der Waals surface area (Å²) in [5.41, 5.74) is 1.11. The fourth-order valence-corrected chi connectivity index (χ4v) is 4.17. The SMILES string of the molecule is Cc1ccc(NC(=O)N2C[C@@H]3CCC[C@@]3(C(=O)O)C2)cc1C(=O)N(C)C. The van der Waals surface area contributed by atoms with E-state index in [9.17, 15) is 19.5 Å². The lowest BCUT2D eigenvalue weighted by molar-refractivity contribution is -0.149. The molecule has 140 valence electrons. The second kappa shape index (κ2) is 6.63. The molecule has 1 heterocycles. The maximum atomic E-state index is 12.6. The summed E-state index contributed by atoms with van der Waals surface area (Å²) in [7, 11) is 3.36. The van der Waals surface area contributed by atoms with Crippen LogP contribution in [0.2, 0.25) is 0 Å². The number of likely N-dealkylation sites (tertiary alicyclic amines) is 1. The predicted molar refractivity (Wildman–Crippen MR) is 97.2 cm³/mol. The lowest BCUT2D eigenvalue weighted by atomic mass is 9.81. The first-order valence-electron chi connectivity index (χ1n) is 8.86. The molecule has 0 aromatic heterocycles. The molecule has 0 radical (unpaired) electrons. The molecule has 7 heteroatoms. The quantitative estimate of drug-likeness (QED) is 0.867. The Balaban J connectivity index is 1.74. The molecule has 1 saturated carbocycles. The van der Waals surface area contributed by atoms with Crippen molar-refractivity contribution in [1.29, 1.82) is 0 Å². The van der Waals surface area contributed by atoms with Gasteiger partial charge in [0.15, 0.2) is 0 Å². The molecular formula is C19H25N3O4. The second-order valence-corrected chi connectivity index (χ2v) is 7.59. The number of hydrogen-bond acceptors (Lipinski definition) is 3. The van der Waals surface area contributed by atoms with E-state index >= 15 is 0 Å². The summed E-state index contributed by atoms with van der Waals surface area (Å²) in [5, 5.41) is 12.5. The van der Waals surface area contributed by atoms with Crippen LogP contribution in [0.3, 0.4) is 0 Å². The Hall–Kier alpha value is -2.57. The summed E-state index contributed by atoms with van der Waals surface area (Å²) in [6.07, 6.45) is 2.38. The van der Waals surface area contributed by atoms with Crippen molar-refractivity contribution in [2.75, 3.05) is 32.5 Å². The van der Waals surface area contributed by atoms with Crippen LogP contribution in [0, 0.1) is 18.3 Å². The van der Waals surface area contributed by atoms with Crippen molar-refractivity contribution in [3.05, 3.63) is 29.3 Å². The Morgan fingerprint density at radius 3 is 2.65 bits per heavy atom. The van der Waals surface area contributed by atoms with Crippen LogP contribution >= 0.6 is 0 Å². The molecule has 2 fully saturated rings. The number of rotatable bonds is 3. The number of anilines is 1. The molecule has 26 heavy (non-hydrogen) atoms. The van der Waals surface area contributed by atoms with E-state index in [0.29, 0.717) is 24.2 Å². The second-order valence-electron chi connectivity index (χ2n) is 7.59. The summed E-state index contributed by atoms with van der Waals surface area (Å²) in [6, 6.07) is 4.90. The van der Waals surface area contributed by atoms with Gasteiger partial charge in [-0.25, -0.2) is 4.79 Å². The van der Waals surface area contributed by atoms with Crippen molar-refractivity contribution in [1.82, 2.24) is 9.80 Å². The van der Waals surface area contributed by atoms with Crippen LogP contribution in [0.1, 0.15) is 35.2 Å². The van der Waals surface area contributed by atoms with E-state index < -0.39 is 11.4 Å². The number of aryl methyl sites for hydroxylation is 1. The number of aliphatic carboxylic acids is 1. The number of nitrogens with zero attached hydrogens (tertiary/aromatic N) is 2. The fraction of sp³-hybridized carbons (Fsp3) is 0.526. The van der Waals surface area contributed by atoms with Gasteiger partial charge in [0, 0.05) is 38.4 Å². The first-order chi connectivity index (χ1) is 12.2. The van der Waals surface area contributed by atoms with Gasteiger partial charge in [-0.2, -0.15) is 0 Å². The molecule has 0 bridgehead atoms. The van der Waals surface area contributed by atoms with E-state index in [1.54, 1.807) is 37.2 Å². The van der Waals surface area contributed by atoms with Gasteiger partial charge in [-0.05, 0) is 43.4 Å². The average molecular weight is 359 g/mol. The Labute approximate surface area is 153 Å². The molecule has 7 nitrogen and oxygen atoms in total. The number of carboxylic acids is 1. The van der Waals surface area contributed by atoms with Gasteiger partial charge in [0.25, 0.3) is 5.91 Å². The van der Waals surface area contributed by atoms with E-state index in [1.807, 2.05) is 6.92 Å². The van der Waals surface area contributed by atoms with E-state index in [2.05, 4.69) is 5.32 Å². The number of carbonyl (C=O) groups is 3. The third kappa shape index (κ3) is 3.02. The topological polar surface area (TPSA) is 90.0 Å². The van der Waals surface area contributed by atoms with E-state index in [0.717, 1.165) is 18.4 Å². The highest BCUT2D eigenvalue weighted by molar-refractivity contribution is 5.98. The van der Waals surface area contributed by atoms with Gasteiger partial charge in [-0.1, -0.05) is 12.5 Å². The maximum absolute atomic E-state index is 12.6. The number of fused-ring (bicyclic) bond motifs is 1. The van der Waals surface area contributed by atoms with Crippen molar-refractivity contribution >= 4 is 23.6 Å². The Morgan fingerprint density at radius 2 is 2.04 bits per heavy atom. The van der Waals surface area contributed by atoms with E-state index in [1.165, 1.54) is 4.90 Å². The minimum Gasteiger partial charge on any atom is -0.481 e. The van der Waals surface area contributed by atoms with Gasteiger partial charge in [0.1, 0.15) is 0 Å². The fourth-order valence-electron chi connectivity index (χ4n) is 4.17. The number of urea groups is 1. The maximum Gasteiger partial charge on any atom is 0.321 e. The summed E-state index contributed by atoms with van der Waals surface area (Å²) < 4.78 is 0. The molecule has 2 atom stereocenters. The summed E-state index contributed by atoms with van der Waals surface area (Å²) >= 11 is 0. The van der Waals surface area contributed by atoms with E-state index in [4.69, 9.17) is 0 Å². The first-order valence-corrected chi connectivity index (χ1v) is 8.86. The monoisotopic (exact) mass is 359 g/mol. The molecule has 1 aliphatic carbocycles. The van der Waals surface area contributed by atoms with Crippen LogP contribution in [0.5, 0.6) is 0 Å². The lowest BCUT2D eigenvalue weighted by Gasteiger charge is -2.23. The molecule has 2 N–H and O–H groups in total. The van der Waals surface area contributed by atoms with Gasteiger partial charge >= 0.3 is 12.0 Å². The molecule has 2 aliphatic rings. The van der Waals surface area contributed by atoms with Crippen molar-refractivity contribution in [3.8, 4) is 0 Å². The minimum absolute atomic E-state index is 0.0228. The Kier molecular flexibility index (Phi) is 4.64. The van der Waals surface area contributed by atoms with Crippen LogP contribution in [-0.4, -0.2) is 60.0 Å². The molecule has 0 spiro atoms. The summed E-state index contributed by atoms with van der Waals surface area (Å²) in [5.74, 6) is -0.904. The molecule has 1 aliphatic heterocycles. The van der Waals surface area contributed by atoms with Crippen LogP contribution in [0.15, 0.2) is 18.2 Å². The van der Waals surface area contributed by atoms with Crippen LogP contribution in [-0.2, 0) is 4.79 Å². The minimum atomic E-state index is -0.801. The molecular weight excluding hydrogens is 334 g/mol. The standard InChI is InChI=1S/C19H25N3O4/c1-12-6-7-14(9-15(12)16(23)21(2)3)20-18(26)22-10-13-5-4-8-19(13,11-22)17(24)25/h6-7,9,13H,4-5,8,10-11H2,1-3H3,(H,20,26)(H,24,25)/t13-,19+/m0/s1. The highest BCUT2D eigenvalue weighted by atomic mass is 16.4. The molecule has 1 aromatic rings. The normalized spacial score (nSPS) is 24.3. The van der Waals surface area contributed by atoms with Crippen molar-refractivity contribution < 1.29 is 19.5 Å². The molecule has 0 unspecified atom stereocenters. The molecule has 3 rings (SSSR count). The zero-order valence-corrected chi connectivity index (χ0v) is 15.4. The third-order valence-corrected chi connectivity index (χ3v) is 5.71. The highest BCUT2D eigenvalue weighted by Gasteiger charge is 2.55. The van der Waals surface area contributed by atoms with Crippen molar-refractivity contribution in [2.45, 2.75) is 26.2 Å². The van der Waals surface area contributed by atoms with Gasteiger partial charge in [0.05, 0.1) is 5.41 Å². The lowest BCUT2D eigenvalue weighted by Crippen LogP contribution is -2.38. The predicted octanol–water partition coefficient (Wildman–Crippen LogP) is 2.42. The van der Waals surface area contributed by atoms with Crippen LogP contribution in [0.4, 0.5) is 10.5 Å². The van der Waals surface area contributed by atoms with Gasteiger partial charge < -0.3 is 20.2 Å². The first kappa shape index (κ1) is 18.2. The number of hydrogen-bond donors (Lipinski definition) is 2. The van der Waals surface area contributed by atoms with Gasteiger partial charge in [-0.15, -0.1) is 0 Å². The molecule has 1 saturated heterocycles. The van der Waals surface area contributed by atoms with Crippen molar-refractivity contribution in [2.24, 2.45) is 11.3 Å². The number of carbonyl (C=O) groups excluding carboxylic acids is 2. The highest BCUT2D eigenvalue weighted by Crippen LogP contribution is 2.48. The van der Waals surface area contributed by atoms with Crippen LogP contribution in [0.25, 0.3) is 0 Å². The summed E-state index contributed by atoms with van der Waals surface area (Å²) in [6.45, 7) is 2.56. The van der Waals surface area contributed by atoms with Gasteiger partial charge in [-0.3, -0.25) is 9.59 Å². The van der Waals surface area contributed by atoms with Crippen molar-refractivity contribution in [3.63, 3.8) is 0 Å². The number of benzene rings is 1. The number of amides is 3. The zero-order valence-electron chi connectivity index (χ0n) is 15.4. The smallest absolute Gasteiger partial charge is 0.321 e. The largest absolute Gasteiger partial charge is 0.481 e. The number of carboxylic acid groups (broad SMARTS) is 1. The summed E-state index contributed by atoms with van der Waals surface area (Å²) in [4.78, 5) is 39.7. The number of nitrogens with one attached hydrogen (secondary N) is 1. The van der Waals surface area contributed by atoms with Gasteiger partial charge in [0.2, 0.25) is 0 Å². The molecule has 1 aromatic carbocycles. The average Bonchev–Trinajstić information content (AvgIpc) is 3.14. The zero-order chi connectivity index (χ0) is 19.1. The molecule has 3 amide bonds. The third-order valence-electron chi connectivity index (χ3n) is 5.71. The Morgan fingerprint density at radius 1 is 1.31 bits per heavy atom. The Bertz CT molecular complexity index is 761. The van der Waals surface area contributed by atoms with Crippen LogP contribution < -0.4 is 5.32 Å².